The Kier molecular flexibility index (Phi) is 4.48. The topological polar surface area (TPSA) is 47.0 Å². The summed E-state index contributed by atoms with van der Waals surface area (Å²) in [6.45, 7) is 1.04. The van der Waals surface area contributed by atoms with E-state index in [0.717, 1.165) is 48.7 Å². The van der Waals surface area contributed by atoms with Gasteiger partial charge in [-0.05, 0) is 39.3 Å². The molecule has 0 spiro atoms. The Morgan fingerprint density at radius 2 is 2.12 bits per heavy atom. The first-order valence-corrected chi connectivity index (χ1v) is 7.11. The van der Waals surface area contributed by atoms with Crippen LogP contribution in [0.2, 0.25) is 0 Å². The van der Waals surface area contributed by atoms with Crippen molar-refractivity contribution in [2.45, 2.75) is 44.1 Å². The summed E-state index contributed by atoms with van der Waals surface area (Å²) in [6.07, 6.45) is 6.70. The molecule has 0 radical (unpaired) electrons. The standard InChI is InChI=1S/C12H21N3OS/c1-13-8-3-5-10-14-15-11(17-10)9-12(16-2)6-4-7-12/h13H,3-9H2,1-2H3. The van der Waals surface area contributed by atoms with Gasteiger partial charge in [-0.25, -0.2) is 0 Å². The summed E-state index contributed by atoms with van der Waals surface area (Å²) in [5.74, 6) is 0. The lowest BCUT2D eigenvalue weighted by Gasteiger charge is -2.39. The van der Waals surface area contributed by atoms with Crippen LogP contribution in [-0.4, -0.2) is 36.5 Å². The Balaban J connectivity index is 1.85. The second-order valence-corrected chi connectivity index (χ2v) is 5.86. The molecule has 0 atom stereocenters. The Bertz CT molecular complexity index is 344. The molecule has 4 nitrogen and oxygen atoms in total. The maximum Gasteiger partial charge on any atom is 0.120 e. The first-order chi connectivity index (χ1) is 8.28. The van der Waals surface area contributed by atoms with Crippen molar-refractivity contribution >= 4 is 11.3 Å². The van der Waals surface area contributed by atoms with Gasteiger partial charge in [0.2, 0.25) is 0 Å². The Morgan fingerprint density at radius 1 is 1.35 bits per heavy atom. The number of hydrogen-bond donors (Lipinski definition) is 1. The van der Waals surface area contributed by atoms with Crippen LogP contribution in [0.15, 0.2) is 0 Å². The van der Waals surface area contributed by atoms with E-state index in [1.807, 2.05) is 14.2 Å². The summed E-state index contributed by atoms with van der Waals surface area (Å²) in [5, 5.41) is 14.0. The fourth-order valence-corrected chi connectivity index (χ4v) is 3.19. The van der Waals surface area contributed by atoms with Gasteiger partial charge in [-0.2, -0.15) is 0 Å². The average Bonchev–Trinajstić information content (AvgIpc) is 2.72. The zero-order valence-corrected chi connectivity index (χ0v) is 11.5. The molecule has 0 amide bonds. The van der Waals surface area contributed by atoms with Crippen LogP contribution in [0.1, 0.15) is 35.7 Å². The van der Waals surface area contributed by atoms with Crippen LogP contribution in [0.3, 0.4) is 0 Å². The van der Waals surface area contributed by atoms with Crippen molar-refractivity contribution in [3.63, 3.8) is 0 Å². The van der Waals surface area contributed by atoms with Crippen LogP contribution in [0.4, 0.5) is 0 Å². The SMILES string of the molecule is CNCCCc1nnc(CC2(OC)CCC2)s1. The second-order valence-electron chi connectivity index (χ2n) is 4.71. The minimum atomic E-state index is 0.0712. The van der Waals surface area contributed by atoms with Crippen LogP contribution in [-0.2, 0) is 17.6 Å². The highest BCUT2D eigenvalue weighted by Gasteiger charge is 2.38. The number of aromatic nitrogens is 2. The van der Waals surface area contributed by atoms with E-state index < -0.39 is 0 Å². The van der Waals surface area contributed by atoms with Crippen molar-refractivity contribution in [3.8, 4) is 0 Å². The van der Waals surface area contributed by atoms with Gasteiger partial charge >= 0.3 is 0 Å². The monoisotopic (exact) mass is 255 g/mol. The molecule has 1 aromatic heterocycles. The molecule has 17 heavy (non-hydrogen) atoms. The predicted octanol–water partition coefficient (Wildman–Crippen LogP) is 1.80. The normalized spacial score (nSPS) is 18.0. The lowest BCUT2D eigenvalue weighted by Crippen LogP contribution is -2.41. The van der Waals surface area contributed by atoms with E-state index in [4.69, 9.17) is 4.74 Å². The number of ether oxygens (including phenoxy) is 1. The average molecular weight is 255 g/mol. The van der Waals surface area contributed by atoms with Crippen LogP contribution < -0.4 is 5.32 Å². The van der Waals surface area contributed by atoms with Crippen molar-refractivity contribution in [2.24, 2.45) is 0 Å². The molecule has 0 unspecified atom stereocenters. The molecular formula is C12H21N3OS. The third-order valence-electron chi connectivity index (χ3n) is 3.50. The van der Waals surface area contributed by atoms with E-state index in [1.54, 1.807) is 11.3 Å². The van der Waals surface area contributed by atoms with Crippen molar-refractivity contribution in [2.75, 3.05) is 20.7 Å². The minimum absolute atomic E-state index is 0.0712. The Hall–Kier alpha value is -0.520. The Labute approximate surface area is 107 Å². The maximum atomic E-state index is 5.61. The number of nitrogens with one attached hydrogen (secondary N) is 1. The van der Waals surface area contributed by atoms with E-state index in [-0.39, 0.29) is 5.60 Å². The number of nitrogens with zero attached hydrogens (tertiary/aromatic N) is 2. The highest BCUT2D eigenvalue weighted by molar-refractivity contribution is 7.11. The van der Waals surface area contributed by atoms with Crippen molar-refractivity contribution < 1.29 is 4.74 Å². The van der Waals surface area contributed by atoms with Gasteiger partial charge in [0.15, 0.2) is 0 Å². The molecule has 1 N–H and O–H groups in total. The maximum absolute atomic E-state index is 5.61. The van der Waals surface area contributed by atoms with Crippen LogP contribution in [0, 0.1) is 0 Å². The quantitative estimate of drug-likeness (QED) is 0.755. The molecule has 0 aliphatic heterocycles. The first-order valence-electron chi connectivity index (χ1n) is 6.29. The second kappa shape index (κ2) is 5.89. The van der Waals surface area contributed by atoms with E-state index in [9.17, 15) is 0 Å². The zero-order valence-electron chi connectivity index (χ0n) is 10.7. The molecule has 96 valence electrons. The fraction of sp³-hybridized carbons (Fsp3) is 0.833. The molecule has 1 fully saturated rings. The summed E-state index contributed by atoms with van der Waals surface area (Å²) < 4.78 is 5.61. The van der Waals surface area contributed by atoms with Gasteiger partial charge in [0, 0.05) is 20.0 Å². The third kappa shape index (κ3) is 3.24. The first kappa shape index (κ1) is 12.9. The summed E-state index contributed by atoms with van der Waals surface area (Å²) in [4.78, 5) is 0. The zero-order chi connectivity index (χ0) is 12.1. The van der Waals surface area contributed by atoms with Gasteiger partial charge in [-0.3, -0.25) is 0 Å². The number of hydrogen-bond acceptors (Lipinski definition) is 5. The van der Waals surface area contributed by atoms with E-state index in [2.05, 4.69) is 15.5 Å². The number of aryl methyl sites for hydroxylation is 1. The highest BCUT2D eigenvalue weighted by atomic mass is 32.1. The largest absolute Gasteiger partial charge is 0.378 e. The van der Waals surface area contributed by atoms with Gasteiger partial charge in [0.25, 0.3) is 0 Å². The summed E-state index contributed by atoms with van der Waals surface area (Å²) in [6, 6.07) is 0. The van der Waals surface area contributed by atoms with Gasteiger partial charge < -0.3 is 10.1 Å². The van der Waals surface area contributed by atoms with Gasteiger partial charge in [-0.15, -0.1) is 21.5 Å². The molecule has 1 aromatic rings. The number of methoxy groups -OCH3 is 1. The van der Waals surface area contributed by atoms with E-state index in [1.165, 1.54) is 6.42 Å². The molecule has 0 aromatic carbocycles. The molecule has 5 heteroatoms. The van der Waals surface area contributed by atoms with Crippen molar-refractivity contribution in [3.05, 3.63) is 10.0 Å². The molecule has 2 rings (SSSR count). The Morgan fingerprint density at radius 3 is 2.71 bits per heavy atom. The molecule has 1 saturated carbocycles. The molecule has 1 aliphatic rings. The number of rotatable bonds is 7. The minimum Gasteiger partial charge on any atom is -0.378 e. The molecular weight excluding hydrogens is 234 g/mol. The third-order valence-corrected chi connectivity index (χ3v) is 4.48. The lowest BCUT2D eigenvalue weighted by atomic mass is 9.78. The van der Waals surface area contributed by atoms with Crippen molar-refractivity contribution in [1.82, 2.24) is 15.5 Å². The molecule has 0 saturated heterocycles. The lowest BCUT2D eigenvalue weighted by molar-refractivity contribution is -0.0709. The van der Waals surface area contributed by atoms with E-state index >= 15 is 0 Å². The molecule has 1 heterocycles. The molecule has 1 aliphatic carbocycles. The van der Waals surface area contributed by atoms with E-state index in [0.29, 0.717) is 0 Å². The van der Waals surface area contributed by atoms with Gasteiger partial charge in [-0.1, -0.05) is 0 Å². The summed E-state index contributed by atoms with van der Waals surface area (Å²) >= 11 is 1.74. The fourth-order valence-electron chi connectivity index (χ4n) is 2.18. The smallest absolute Gasteiger partial charge is 0.120 e. The van der Waals surface area contributed by atoms with Crippen LogP contribution >= 0.6 is 11.3 Å². The van der Waals surface area contributed by atoms with Crippen LogP contribution in [0.25, 0.3) is 0 Å². The summed E-state index contributed by atoms with van der Waals surface area (Å²) in [7, 11) is 3.79. The highest BCUT2D eigenvalue weighted by Crippen LogP contribution is 2.38. The van der Waals surface area contributed by atoms with Crippen molar-refractivity contribution in [1.29, 1.82) is 0 Å². The van der Waals surface area contributed by atoms with Gasteiger partial charge in [0.1, 0.15) is 10.0 Å². The van der Waals surface area contributed by atoms with Gasteiger partial charge in [0.05, 0.1) is 5.60 Å². The predicted molar refractivity (Wildman–Crippen MR) is 69.5 cm³/mol. The molecule has 0 bridgehead atoms. The van der Waals surface area contributed by atoms with Crippen LogP contribution in [0.5, 0.6) is 0 Å². The summed E-state index contributed by atoms with van der Waals surface area (Å²) in [5.41, 5.74) is 0.0712.